The maximum Gasteiger partial charge on any atom is 0.412 e. The summed E-state index contributed by atoms with van der Waals surface area (Å²) in [5.74, 6) is -0.0150. The second kappa shape index (κ2) is 17.7. The van der Waals surface area contributed by atoms with Crippen LogP contribution in [0.15, 0.2) is 18.2 Å². The van der Waals surface area contributed by atoms with Crippen molar-refractivity contribution in [2.45, 2.75) is 125 Å². The van der Waals surface area contributed by atoms with Gasteiger partial charge >= 0.3 is 12.1 Å². The lowest BCUT2D eigenvalue weighted by Gasteiger charge is -2.37. The van der Waals surface area contributed by atoms with Crippen LogP contribution in [-0.4, -0.2) is 85.4 Å². The van der Waals surface area contributed by atoms with E-state index in [1.165, 1.54) is 0 Å². The van der Waals surface area contributed by atoms with Gasteiger partial charge in [0.05, 0.1) is 31.3 Å². The van der Waals surface area contributed by atoms with Crippen molar-refractivity contribution in [3.05, 3.63) is 23.8 Å². The third-order valence-electron chi connectivity index (χ3n) is 9.25. The number of carboxylic acid groups (broad SMARTS) is 1. The molecule has 2 rings (SSSR count). The monoisotopic (exact) mass is 692 g/mol. The zero-order valence-corrected chi connectivity index (χ0v) is 32.3. The largest absolute Gasteiger partial charge is 0.493 e. The van der Waals surface area contributed by atoms with Crippen LogP contribution in [0.25, 0.3) is 0 Å². The molecule has 0 aromatic heterocycles. The predicted octanol–water partition coefficient (Wildman–Crippen LogP) is 6.95. The highest BCUT2D eigenvalue weighted by Gasteiger charge is 2.52. The van der Waals surface area contributed by atoms with Crippen LogP contribution in [0.1, 0.15) is 101 Å². The quantitative estimate of drug-likeness (QED) is 0.157. The standard InChI is InChI=1S/C38H64N2O9/c1-24(2)27(19-26-15-16-30(46-13)32(20-26)47-18-14-17-45-12)21-29-31(48-38(10,11)40(29)35(44)49-36(5,6)7)22-28(25(3)4)33(41)39-23-37(8,9)34(42)43/h15-16,20,24-25,27-29,31H,14,17-19,21-23H2,1-13H3,(H,39,41)(H,42,43)/t27-,28+,29?,31?/m1/s1. The van der Waals surface area contributed by atoms with Gasteiger partial charge in [-0.25, -0.2) is 4.79 Å². The van der Waals surface area contributed by atoms with Gasteiger partial charge in [0.15, 0.2) is 11.5 Å². The average Bonchev–Trinajstić information content (AvgIpc) is 3.24. The minimum atomic E-state index is -1.11. The fourth-order valence-electron chi connectivity index (χ4n) is 6.20. The Labute approximate surface area is 294 Å². The molecule has 0 spiro atoms. The number of aliphatic carboxylic acids is 1. The maximum atomic E-state index is 13.9. The molecule has 1 saturated heterocycles. The summed E-state index contributed by atoms with van der Waals surface area (Å²) in [6, 6.07) is 5.61. The first-order chi connectivity index (χ1) is 22.6. The molecule has 1 heterocycles. The number of ether oxygens (including phenoxy) is 5. The SMILES string of the molecule is COCCCOc1cc(C[C@H](CC2C(C[C@H](C(=O)NCC(C)(C)C(=O)O)C(C)C)OC(C)(C)N2C(=O)OC(C)(C)C)C(C)C)ccc1OC. The first-order valence-electron chi connectivity index (χ1n) is 17.6. The second-order valence-electron chi connectivity index (χ2n) is 16.1. The van der Waals surface area contributed by atoms with Gasteiger partial charge in [0.2, 0.25) is 5.91 Å². The number of hydrogen-bond acceptors (Lipinski definition) is 8. The van der Waals surface area contributed by atoms with E-state index < -0.39 is 40.8 Å². The number of amides is 2. The van der Waals surface area contributed by atoms with Gasteiger partial charge in [0.25, 0.3) is 0 Å². The van der Waals surface area contributed by atoms with Crippen molar-refractivity contribution in [1.29, 1.82) is 0 Å². The Bertz CT molecular complexity index is 1240. The molecule has 1 fully saturated rings. The van der Waals surface area contributed by atoms with Crippen molar-refractivity contribution in [1.82, 2.24) is 10.2 Å². The van der Waals surface area contributed by atoms with E-state index >= 15 is 0 Å². The molecule has 2 N–H and O–H groups in total. The van der Waals surface area contributed by atoms with Gasteiger partial charge in [0, 0.05) is 32.6 Å². The molecular weight excluding hydrogens is 628 g/mol. The average molecular weight is 693 g/mol. The minimum Gasteiger partial charge on any atom is -0.493 e. The minimum absolute atomic E-state index is 0.00420. The fraction of sp³-hybridized carbons (Fsp3) is 0.763. The van der Waals surface area contributed by atoms with Gasteiger partial charge in [-0.05, 0) is 103 Å². The summed E-state index contributed by atoms with van der Waals surface area (Å²) < 4.78 is 29.4. The first-order valence-corrected chi connectivity index (χ1v) is 17.6. The molecule has 2 amide bonds. The van der Waals surface area contributed by atoms with E-state index in [4.69, 9.17) is 23.7 Å². The molecule has 0 aliphatic carbocycles. The molecule has 49 heavy (non-hydrogen) atoms. The summed E-state index contributed by atoms with van der Waals surface area (Å²) in [6.45, 7) is 21.8. The van der Waals surface area contributed by atoms with Crippen LogP contribution in [0.4, 0.5) is 4.79 Å². The Kier molecular flexibility index (Phi) is 15.3. The molecule has 0 bridgehead atoms. The molecule has 1 aromatic carbocycles. The molecule has 0 radical (unpaired) electrons. The van der Waals surface area contributed by atoms with E-state index in [0.717, 1.165) is 18.4 Å². The molecule has 11 heteroatoms. The van der Waals surface area contributed by atoms with Crippen LogP contribution >= 0.6 is 0 Å². The number of rotatable bonds is 18. The number of nitrogens with one attached hydrogen (secondary N) is 1. The van der Waals surface area contributed by atoms with E-state index in [1.807, 2.05) is 66.7 Å². The zero-order valence-electron chi connectivity index (χ0n) is 32.3. The number of benzene rings is 1. The van der Waals surface area contributed by atoms with Gasteiger partial charge < -0.3 is 34.1 Å². The molecule has 2 unspecified atom stereocenters. The number of carbonyl (C=O) groups is 3. The first kappa shape index (κ1) is 42.1. The molecule has 1 aliphatic rings. The van der Waals surface area contributed by atoms with Gasteiger partial charge in [-0.15, -0.1) is 0 Å². The van der Waals surface area contributed by atoms with Gasteiger partial charge in [-0.1, -0.05) is 33.8 Å². The Balaban J connectivity index is 2.47. The Morgan fingerprint density at radius 1 is 0.980 bits per heavy atom. The normalized spacial score (nSPS) is 19.1. The van der Waals surface area contributed by atoms with Crippen molar-refractivity contribution in [2.24, 2.45) is 29.1 Å². The molecule has 11 nitrogen and oxygen atoms in total. The van der Waals surface area contributed by atoms with Crippen molar-refractivity contribution >= 4 is 18.0 Å². The summed E-state index contributed by atoms with van der Waals surface area (Å²) in [4.78, 5) is 40.9. The topological polar surface area (TPSA) is 133 Å². The third kappa shape index (κ3) is 12.3. The Morgan fingerprint density at radius 2 is 1.63 bits per heavy atom. The van der Waals surface area contributed by atoms with Gasteiger partial charge in [-0.2, -0.15) is 0 Å². The van der Waals surface area contributed by atoms with Crippen LogP contribution in [0.5, 0.6) is 11.5 Å². The predicted molar refractivity (Wildman–Crippen MR) is 190 cm³/mol. The van der Waals surface area contributed by atoms with Crippen LogP contribution in [0.3, 0.4) is 0 Å². The zero-order chi connectivity index (χ0) is 37.3. The van der Waals surface area contributed by atoms with E-state index in [9.17, 15) is 19.5 Å². The number of methoxy groups -OCH3 is 2. The van der Waals surface area contributed by atoms with Gasteiger partial charge in [0.1, 0.15) is 11.3 Å². The van der Waals surface area contributed by atoms with Crippen molar-refractivity contribution in [2.75, 3.05) is 34.0 Å². The summed E-state index contributed by atoms with van der Waals surface area (Å²) in [7, 11) is 3.29. The smallest absolute Gasteiger partial charge is 0.412 e. The third-order valence-corrected chi connectivity index (χ3v) is 9.25. The summed E-state index contributed by atoms with van der Waals surface area (Å²) in [5, 5.41) is 12.5. The van der Waals surface area contributed by atoms with Crippen molar-refractivity contribution < 1.29 is 43.2 Å². The molecule has 1 aliphatic heterocycles. The van der Waals surface area contributed by atoms with E-state index in [0.29, 0.717) is 37.6 Å². The molecule has 4 atom stereocenters. The molecule has 280 valence electrons. The molecule has 1 aromatic rings. The van der Waals surface area contributed by atoms with E-state index in [1.54, 1.807) is 33.0 Å². The lowest BCUT2D eigenvalue weighted by Crippen LogP contribution is -2.51. The number of hydrogen-bond donors (Lipinski definition) is 2. The second-order valence-corrected chi connectivity index (χ2v) is 16.1. The molecular formula is C38H64N2O9. The lowest BCUT2D eigenvalue weighted by molar-refractivity contribution is -0.147. The Hall–Kier alpha value is -3.05. The summed E-state index contributed by atoms with van der Waals surface area (Å²) >= 11 is 0. The highest BCUT2D eigenvalue weighted by atomic mass is 16.6. The summed E-state index contributed by atoms with van der Waals surface area (Å²) in [5.41, 5.74) is -1.74. The highest BCUT2D eigenvalue weighted by Crippen LogP contribution is 2.42. The lowest BCUT2D eigenvalue weighted by atomic mass is 9.80. The van der Waals surface area contributed by atoms with Crippen LogP contribution in [-0.2, 0) is 30.2 Å². The summed E-state index contributed by atoms with van der Waals surface area (Å²) in [6.07, 6.45) is 1.52. The van der Waals surface area contributed by atoms with Crippen LogP contribution in [0, 0.1) is 29.1 Å². The fourth-order valence-corrected chi connectivity index (χ4v) is 6.20. The Morgan fingerprint density at radius 3 is 2.16 bits per heavy atom. The highest BCUT2D eigenvalue weighted by molar-refractivity contribution is 5.80. The number of carbonyl (C=O) groups excluding carboxylic acids is 2. The maximum absolute atomic E-state index is 13.9. The van der Waals surface area contributed by atoms with Crippen LogP contribution < -0.4 is 14.8 Å². The van der Waals surface area contributed by atoms with E-state index in [2.05, 4.69) is 19.2 Å². The van der Waals surface area contributed by atoms with Crippen molar-refractivity contribution in [3.8, 4) is 11.5 Å². The number of nitrogens with zero attached hydrogens (tertiary/aromatic N) is 1. The number of carboxylic acids is 1. The van der Waals surface area contributed by atoms with Crippen molar-refractivity contribution in [3.63, 3.8) is 0 Å². The van der Waals surface area contributed by atoms with Gasteiger partial charge in [-0.3, -0.25) is 14.5 Å². The molecule has 0 saturated carbocycles. The van der Waals surface area contributed by atoms with E-state index in [-0.39, 0.29) is 36.2 Å². The van der Waals surface area contributed by atoms with Crippen LogP contribution in [0.2, 0.25) is 0 Å².